The summed E-state index contributed by atoms with van der Waals surface area (Å²) in [5.74, 6) is 1.80. The molecule has 0 amide bonds. The Labute approximate surface area is 165 Å². The highest BCUT2D eigenvalue weighted by molar-refractivity contribution is 14.0. The fourth-order valence-corrected chi connectivity index (χ4v) is 2.79. The standard InChI is InChI=1S/C17H37N5O.HI/c1-16-6-11-22(12-7-16)14-9-20-17(18-2)19-8-13-21(3)10-5-15-23-4;/h16H,5-15H2,1-4H3,(H2,18,19,20);1H. The van der Waals surface area contributed by atoms with Crippen LogP contribution in [0.3, 0.4) is 0 Å². The van der Waals surface area contributed by atoms with Gasteiger partial charge < -0.3 is 25.2 Å². The molecule has 24 heavy (non-hydrogen) atoms. The predicted octanol–water partition coefficient (Wildman–Crippen LogP) is 1.47. The number of hydrogen-bond acceptors (Lipinski definition) is 4. The zero-order chi connectivity index (χ0) is 16.9. The molecule has 144 valence electrons. The summed E-state index contributed by atoms with van der Waals surface area (Å²) in [6.07, 6.45) is 3.75. The van der Waals surface area contributed by atoms with Crippen LogP contribution in [0.5, 0.6) is 0 Å². The van der Waals surface area contributed by atoms with Crippen molar-refractivity contribution in [3.63, 3.8) is 0 Å². The maximum absolute atomic E-state index is 5.08. The third-order valence-electron chi connectivity index (χ3n) is 4.49. The lowest BCUT2D eigenvalue weighted by Crippen LogP contribution is -2.44. The molecule has 0 aromatic heterocycles. The van der Waals surface area contributed by atoms with Crippen molar-refractivity contribution in [2.45, 2.75) is 26.2 Å². The van der Waals surface area contributed by atoms with E-state index in [4.69, 9.17) is 4.74 Å². The van der Waals surface area contributed by atoms with Crippen molar-refractivity contribution >= 4 is 29.9 Å². The molecule has 6 nitrogen and oxygen atoms in total. The van der Waals surface area contributed by atoms with Crippen molar-refractivity contribution in [2.24, 2.45) is 10.9 Å². The van der Waals surface area contributed by atoms with Gasteiger partial charge in [-0.2, -0.15) is 0 Å². The SMILES string of the molecule is CN=C(NCCN(C)CCCOC)NCCN1CCC(C)CC1.I. The van der Waals surface area contributed by atoms with E-state index in [1.54, 1.807) is 7.11 Å². The monoisotopic (exact) mass is 455 g/mol. The number of piperidine rings is 1. The summed E-state index contributed by atoms with van der Waals surface area (Å²) in [5, 5.41) is 6.80. The number of rotatable bonds is 10. The molecular weight excluding hydrogens is 417 g/mol. The van der Waals surface area contributed by atoms with Crippen molar-refractivity contribution in [1.82, 2.24) is 20.4 Å². The molecule has 0 radical (unpaired) electrons. The van der Waals surface area contributed by atoms with E-state index in [2.05, 4.69) is 39.4 Å². The molecule has 7 heteroatoms. The lowest BCUT2D eigenvalue weighted by Gasteiger charge is -2.30. The average Bonchev–Trinajstić information content (AvgIpc) is 2.55. The smallest absolute Gasteiger partial charge is 0.191 e. The Hall–Kier alpha value is -0.120. The molecule has 0 bridgehead atoms. The number of likely N-dealkylation sites (N-methyl/N-ethyl adjacent to an activating group) is 1. The minimum atomic E-state index is 0. The first-order chi connectivity index (χ1) is 11.2. The number of nitrogens with one attached hydrogen (secondary N) is 2. The second-order valence-electron chi connectivity index (χ2n) is 6.60. The molecule has 0 saturated carbocycles. The Morgan fingerprint density at radius 2 is 1.88 bits per heavy atom. The summed E-state index contributed by atoms with van der Waals surface area (Å²) < 4.78 is 5.08. The molecule has 0 aromatic rings. The minimum absolute atomic E-state index is 0. The highest BCUT2D eigenvalue weighted by atomic mass is 127. The Morgan fingerprint density at radius 3 is 2.50 bits per heavy atom. The summed E-state index contributed by atoms with van der Waals surface area (Å²) in [5.41, 5.74) is 0. The van der Waals surface area contributed by atoms with Gasteiger partial charge in [-0.1, -0.05) is 6.92 Å². The van der Waals surface area contributed by atoms with Gasteiger partial charge >= 0.3 is 0 Å². The zero-order valence-corrected chi connectivity index (χ0v) is 18.3. The second-order valence-corrected chi connectivity index (χ2v) is 6.60. The molecule has 1 aliphatic heterocycles. The van der Waals surface area contributed by atoms with Gasteiger partial charge in [0.2, 0.25) is 0 Å². The first kappa shape index (κ1) is 23.9. The number of ether oxygens (including phenoxy) is 1. The van der Waals surface area contributed by atoms with Gasteiger partial charge in [0.05, 0.1) is 0 Å². The number of guanidine groups is 1. The molecular formula is C17H38IN5O. The molecule has 0 aromatic carbocycles. The van der Waals surface area contributed by atoms with Gasteiger partial charge in [-0.15, -0.1) is 24.0 Å². The van der Waals surface area contributed by atoms with Crippen LogP contribution in [0.15, 0.2) is 4.99 Å². The van der Waals surface area contributed by atoms with Crippen LogP contribution in [0.1, 0.15) is 26.2 Å². The van der Waals surface area contributed by atoms with Crippen LogP contribution in [0.25, 0.3) is 0 Å². The lowest BCUT2D eigenvalue weighted by molar-refractivity contribution is 0.180. The topological polar surface area (TPSA) is 52.1 Å². The van der Waals surface area contributed by atoms with Crippen LogP contribution >= 0.6 is 24.0 Å². The molecule has 0 atom stereocenters. The largest absolute Gasteiger partial charge is 0.385 e. The van der Waals surface area contributed by atoms with Gasteiger partial charge in [0, 0.05) is 53.5 Å². The summed E-state index contributed by atoms with van der Waals surface area (Å²) in [6, 6.07) is 0. The molecule has 1 aliphatic rings. The Kier molecular flexibility index (Phi) is 15.1. The first-order valence-corrected chi connectivity index (χ1v) is 9.00. The average molecular weight is 455 g/mol. The lowest BCUT2D eigenvalue weighted by atomic mass is 9.99. The van der Waals surface area contributed by atoms with Crippen LogP contribution in [0, 0.1) is 5.92 Å². The van der Waals surface area contributed by atoms with Crippen LogP contribution < -0.4 is 10.6 Å². The molecule has 2 N–H and O–H groups in total. The van der Waals surface area contributed by atoms with Crippen LogP contribution in [0.2, 0.25) is 0 Å². The third-order valence-corrected chi connectivity index (χ3v) is 4.49. The molecule has 1 heterocycles. The Morgan fingerprint density at radius 1 is 1.21 bits per heavy atom. The number of methoxy groups -OCH3 is 1. The summed E-state index contributed by atoms with van der Waals surface area (Å²) in [4.78, 5) is 9.15. The minimum Gasteiger partial charge on any atom is -0.385 e. The van der Waals surface area contributed by atoms with Crippen LogP contribution in [-0.4, -0.2) is 89.4 Å². The number of halogens is 1. The fourth-order valence-electron chi connectivity index (χ4n) is 2.79. The number of likely N-dealkylation sites (tertiary alicyclic amines) is 1. The van der Waals surface area contributed by atoms with E-state index in [0.717, 1.165) is 57.6 Å². The fraction of sp³-hybridized carbons (Fsp3) is 0.941. The van der Waals surface area contributed by atoms with Gasteiger partial charge in [0.25, 0.3) is 0 Å². The van der Waals surface area contributed by atoms with E-state index < -0.39 is 0 Å². The van der Waals surface area contributed by atoms with Crippen molar-refractivity contribution in [3.8, 4) is 0 Å². The zero-order valence-electron chi connectivity index (χ0n) is 16.0. The van der Waals surface area contributed by atoms with Gasteiger partial charge in [-0.05, 0) is 45.3 Å². The predicted molar refractivity (Wildman–Crippen MR) is 114 cm³/mol. The van der Waals surface area contributed by atoms with Gasteiger partial charge in [0.1, 0.15) is 0 Å². The van der Waals surface area contributed by atoms with E-state index in [-0.39, 0.29) is 24.0 Å². The maximum Gasteiger partial charge on any atom is 0.191 e. The highest BCUT2D eigenvalue weighted by Crippen LogP contribution is 2.14. The quantitative estimate of drug-likeness (QED) is 0.226. The second kappa shape index (κ2) is 15.2. The molecule has 1 fully saturated rings. The van der Waals surface area contributed by atoms with E-state index >= 15 is 0 Å². The van der Waals surface area contributed by atoms with Crippen molar-refractivity contribution in [1.29, 1.82) is 0 Å². The van der Waals surface area contributed by atoms with Gasteiger partial charge in [-0.3, -0.25) is 4.99 Å². The summed E-state index contributed by atoms with van der Waals surface area (Å²) in [7, 11) is 5.73. The van der Waals surface area contributed by atoms with Gasteiger partial charge in [-0.25, -0.2) is 0 Å². The molecule has 0 aliphatic carbocycles. The number of aliphatic imine (C=N–C) groups is 1. The normalized spacial score (nSPS) is 17.0. The molecule has 0 spiro atoms. The number of nitrogens with zero attached hydrogens (tertiary/aromatic N) is 3. The molecule has 1 rings (SSSR count). The van der Waals surface area contributed by atoms with Crippen molar-refractivity contribution in [2.75, 3.05) is 73.6 Å². The van der Waals surface area contributed by atoms with Crippen LogP contribution in [-0.2, 0) is 4.74 Å². The summed E-state index contributed by atoms with van der Waals surface area (Å²) >= 11 is 0. The highest BCUT2D eigenvalue weighted by Gasteiger charge is 2.14. The van der Waals surface area contributed by atoms with E-state index in [9.17, 15) is 0 Å². The first-order valence-electron chi connectivity index (χ1n) is 9.00. The summed E-state index contributed by atoms with van der Waals surface area (Å²) in [6.45, 7) is 10.7. The maximum atomic E-state index is 5.08. The van der Waals surface area contributed by atoms with E-state index in [0.29, 0.717) is 0 Å². The van der Waals surface area contributed by atoms with Crippen LogP contribution in [0.4, 0.5) is 0 Å². The van der Waals surface area contributed by atoms with Crippen molar-refractivity contribution < 1.29 is 4.74 Å². The van der Waals surface area contributed by atoms with Gasteiger partial charge in [0.15, 0.2) is 5.96 Å². The van der Waals surface area contributed by atoms with E-state index in [1.165, 1.54) is 25.9 Å². The van der Waals surface area contributed by atoms with Crippen molar-refractivity contribution in [3.05, 3.63) is 0 Å². The Bertz CT molecular complexity index is 322. The number of hydrogen-bond donors (Lipinski definition) is 2. The third kappa shape index (κ3) is 11.4. The van der Waals surface area contributed by atoms with E-state index in [1.807, 2.05) is 7.05 Å². The molecule has 1 saturated heterocycles. The molecule has 0 unspecified atom stereocenters. The Balaban J connectivity index is 0.00000529.